The summed E-state index contributed by atoms with van der Waals surface area (Å²) in [5, 5.41) is 3.34. The van der Waals surface area contributed by atoms with E-state index in [1.807, 2.05) is 6.07 Å². The maximum absolute atomic E-state index is 5.36. The van der Waals surface area contributed by atoms with Gasteiger partial charge in [-0.05, 0) is 37.9 Å². The van der Waals surface area contributed by atoms with Crippen LogP contribution in [0.5, 0.6) is 5.75 Å². The molecule has 0 amide bonds. The van der Waals surface area contributed by atoms with Gasteiger partial charge in [-0.1, -0.05) is 17.7 Å². The number of methoxy groups -OCH3 is 2. The van der Waals surface area contributed by atoms with Crippen molar-refractivity contribution in [1.82, 2.24) is 5.32 Å². The molecular formula is C14H23NO2. The maximum Gasteiger partial charge on any atom is 0.122 e. The summed E-state index contributed by atoms with van der Waals surface area (Å²) >= 11 is 0. The fraction of sp³-hybridized carbons (Fsp3) is 0.571. The molecule has 1 aromatic rings. The van der Waals surface area contributed by atoms with E-state index in [4.69, 9.17) is 9.47 Å². The van der Waals surface area contributed by atoms with Crippen LogP contribution in [0.15, 0.2) is 18.2 Å². The number of benzene rings is 1. The highest BCUT2D eigenvalue weighted by atomic mass is 16.5. The van der Waals surface area contributed by atoms with Crippen LogP contribution in [0.1, 0.15) is 17.5 Å². The van der Waals surface area contributed by atoms with E-state index in [1.165, 1.54) is 11.1 Å². The monoisotopic (exact) mass is 237 g/mol. The predicted molar refractivity (Wildman–Crippen MR) is 70.8 cm³/mol. The Morgan fingerprint density at radius 1 is 1.18 bits per heavy atom. The lowest BCUT2D eigenvalue weighted by molar-refractivity contribution is 0.199. The molecule has 0 unspecified atom stereocenters. The minimum absolute atomic E-state index is 0.772. The highest BCUT2D eigenvalue weighted by Crippen LogP contribution is 2.20. The van der Waals surface area contributed by atoms with Crippen molar-refractivity contribution < 1.29 is 9.47 Å². The summed E-state index contributed by atoms with van der Waals surface area (Å²) in [4.78, 5) is 0. The van der Waals surface area contributed by atoms with Gasteiger partial charge in [0.1, 0.15) is 5.75 Å². The van der Waals surface area contributed by atoms with Crippen molar-refractivity contribution in [2.24, 2.45) is 0 Å². The Kier molecular flexibility index (Phi) is 6.67. The summed E-state index contributed by atoms with van der Waals surface area (Å²) in [6, 6.07) is 6.33. The van der Waals surface area contributed by atoms with Crippen molar-refractivity contribution in [3.05, 3.63) is 29.3 Å². The first kappa shape index (κ1) is 14.0. The molecule has 3 nitrogen and oxygen atoms in total. The van der Waals surface area contributed by atoms with E-state index >= 15 is 0 Å². The molecule has 0 heterocycles. The topological polar surface area (TPSA) is 30.5 Å². The summed E-state index contributed by atoms with van der Waals surface area (Å²) in [6.07, 6.45) is 2.16. The molecule has 0 aliphatic heterocycles. The Morgan fingerprint density at radius 3 is 2.71 bits per heavy atom. The van der Waals surface area contributed by atoms with Gasteiger partial charge in [0.15, 0.2) is 0 Å². The van der Waals surface area contributed by atoms with Crippen LogP contribution in [-0.2, 0) is 11.2 Å². The van der Waals surface area contributed by atoms with Gasteiger partial charge in [0.05, 0.1) is 13.7 Å². The van der Waals surface area contributed by atoms with E-state index in [1.54, 1.807) is 14.2 Å². The lowest BCUT2D eigenvalue weighted by Gasteiger charge is -2.09. The third-order valence-corrected chi connectivity index (χ3v) is 2.72. The second-order valence-electron chi connectivity index (χ2n) is 4.16. The van der Waals surface area contributed by atoms with Crippen LogP contribution in [-0.4, -0.2) is 33.9 Å². The van der Waals surface area contributed by atoms with Crippen molar-refractivity contribution in [1.29, 1.82) is 0 Å². The van der Waals surface area contributed by atoms with E-state index < -0.39 is 0 Å². The Morgan fingerprint density at radius 2 is 2.00 bits per heavy atom. The molecule has 0 aliphatic carbocycles. The molecule has 1 rings (SSSR count). The molecule has 3 heteroatoms. The summed E-state index contributed by atoms with van der Waals surface area (Å²) in [5.41, 5.74) is 2.58. The van der Waals surface area contributed by atoms with Crippen LogP contribution in [0.4, 0.5) is 0 Å². The lowest BCUT2D eigenvalue weighted by atomic mass is 10.1. The van der Waals surface area contributed by atoms with Crippen molar-refractivity contribution in [2.75, 3.05) is 33.9 Å². The number of ether oxygens (including phenoxy) is 2. The van der Waals surface area contributed by atoms with Gasteiger partial charge in [-0.3, -0.25) is 0 Å². The molecule has 0 spiro atoms. The summed E-state index contributed by atoms with van der Waals surface area (Å²) in [5.74, 6) is 0.993. The van der Waals surface area contributed by atoms with Gasteiger partial charge < -0.3 is 14.8 Å². The molecule has 0 radical (unpaired) electrons. The number of nitrogens with one attached hydrogen (secondary N) is 1. The normalized spacial score (nSPS) is 10.5. The maximum atomic E-state index is 5.36. The smallest absolute Gasteiger partial charge is 0.122 e. The molecule has 0 saturated heterocycles. The first-order valence-electron chi connectivity index (χ1n) is 6.11. The van der Waals surface area contributed by atoms with Gasteiger partial charge in [0, 0.05) is 13.7 Å². The number of aryl methyl sites for hydroxylation is 2. The van der Waals surface area contributed by atoms with Crippen LogP contribution < -0.4 is 10.1 Å². The number of rotatable bonds is 8. The first-order valence-corrected chi connectivity index (χ1v) is 6.11. The fourth-order valence-electron chi connectivity index (χ4n) is 1.81. The highest BCUT2D eigenvalue weighted by molar-refractivity contribution is 5.36. The first-order chi connectivity index (χ1) is 8.27. The largest absolute Gasteiger partial charge is 0.496 e. The zero-order valence-corrected chi connectivity index (χ0v) is 11.1. The van der Waals surface area contributed by atoms with Gasteiger partial charge in [-0.2, -0.15) is 0 Å². The molecule has 0 aromatic heterocycles. The minimum atomic E-state index is 0.772. The number of hydrogen-bond donors (Lipinski definition) is 1. The quantitative estimate of drug-likeness (QED) is 0.703. The van der Waals surface area contributed by atoms with Gasteiger partial charge in [0.2, 0.25) is 0 Å². The Bertz CT molecular complexity index is 326. The van der Waals surface area contributed by atoms with Crippen molar-refractivity contribution in [3.63, 3.8) is 0 Å². The molecule has 17 heavy (non-hydrogen) atoms. The molecule has 0 atom stereocenters. The van der Waals surface area contributed by atoms with E-state index in [0.29, 0.717) is 0 Å². The summed E-state index contributed by atoms with van der Waals surface area (Å²) in [6.45, 7) is 4.81. The second kappa shape index (κ2) is 8.09. The van der Waals surface area contributed by atoms with E-state index in [9.17, 15) is 0 Å². The van der Waals surface area contributed by atoms with Gasteiger partial charge in [-0.15, -0.1) is 0 Å². The van der Waals surface area contributed by atoms with Gasteiger partial charge in [-0.25, -0.2) is 0 Å². The van der Waals surface area contributed by atoms with Crippen LogP contribution in [0, 0.1) is 6.92 Å². The SMILES string of the molecule is COCCNCCCc1cc(C)ccc1OC. The van der Waals surface area contributed by atoms with Gasteiger partial charge in [0.25, 0.3) is 0 Å². The highest BCUT2D eigenvalue weighted by Gasteiger charge is 2.02. The molecule has 96 valence electrons. The minimum Gasteiger partial charge on any atom is -0.496 e. The van der Waals surface area contributed by atoms with Crippen LogP contribution in [0.25, 0.3) is 0 Å². The standard InChI is InChI=1S/C14H23NO2/c1-12-6-7-14(17-3)13(11-12)5-4-8-15-9-10-16-2/h6-7,11,15H,4-5,8-10H2,1-3H3. The molecule has 0 aliphatic rings. The van der Waals surface area contributed by atoms with Gasteiger partial charge >= 0.3 is 0 Å². The molecule has 0 fully saturated rings. The molecule has 0 bridgehead atoms. The van der Waals surface area contributed by atoms with Crippen LogP contribution >= 0.6 is 0 Å². The molecule has 0 saturated carbocycles. The van der Waals surface area contributed by atoms with E-state index in [2.05, 4.69) is 24.4 Å². The lowest BCUT2D eigenvalue weighted by Crippen LogP contribution is -2.20. The van der Waals surface area contributed by atoms with E-state index in [-0.39, 0.29) is 0 Å². The van der Waals surface area contributed by atoms with Crippen molar-refractivity contribution >= 4 is 0 Å². The van der Waals surface area contributed by atoms with E-state index in [0.717, 1.165) is 38.3 Å². The zero-order chi connectivity index (χ0) is 12.5. The molecule has 1 N–H and O–H groups in total. The third-order valence-electron chi connectivity index (χ3n) is 2.72. The fourth-order valence-corrected chi connectivity index (χ4v) is 1.81. The second-order valence-corrected chi connectivity index (χ2v) is 4.16. The third kappa shape index (κ3) is 5.20. The summed E-state index contributed by atoms with van der Waals surface area (Å²) < 4.78 is 10.3. The van der Waals surface area contributed by atoms with Crippen LogP contribution in [0.3, 0.4) is 0 Å². The van der Waals surface area contributed by atoms with Crippen molar-refractivity contribution in [3.8, 4) is 5.75 Å². The summed E-state index contributed by atoms with van der Waals surface area (Å²) in [7, 11) is 3.45. The Labute approximate surface area is 104 Å². The average molecular weight is 237 g/mol. The van der Waals surface area contributed by atoms with Crippen molar-refractivity contribution in [2.45, 2.75) is 19.8 Å². The number of hydrogen-bond acceptors (Lipinski definition) is 3. The Balaban J connectivity index is 2.32. The zero-order valence-electron chi connectivity index (χ0n) is 11.1. The molecule has 1 aromatic carbocycles. The Hall–Kier alpha value is -1.06. The average Bonchev–Trinajstić information content (AvgIpc) is 2.34. The predicted octanol–water partition coefficient (Wildman–Crippen LogP) is 2.17. The van der Waals surface area contributed by atoms with Crippen LogP contribution in [0.2, 0.25) is 0 Å². The molecular weight excluding hydrogens is 214 g/mol.